The van der Waals surface area contributed by atoms with Crippen LogP contribution >= 0.6 is 24.8 Å². The second-order valence-corrected chi connectivity index (χ2v) is 7.12. The molecule has 0 fully saturated rings. The van der Waals surface area contributed by atoms with E-state index in [1.807, 2.05) is 13.8 Å². The lowest BCUT2D eigenvalue weighted by Gasteiger charge is -2.42. The number of benzene rings is 1. The van der Waals surface area contributed by atoms with Crippen molar-refractivity contribution in [2.75, 3.05) is 13.1 Å². The van der Waals surface area contributed by atoms with E-state index in [2.05, 4.69) is 48.3 Å². The van der Waals surface area contributed by atoms with Crippen molar-refractivity contribution < 1.29 is 4.79 Å². The minimum atomic E-state index is -0.155. The molecule has 2 rings (SSSR count). The summed E-state index contributed by atoms with van der Waals surface area (Å²) in [5.74, 6) is -0.113. The van der Waals surface area contributed by atoms with E-state index in [1.54, 1.807) is 0 Å². The molecule has 1 aliphatic heterocycles. The Kier molecular flexibility index (Phi) is 9.29. The first-order valence-corrected chi connectivity index (χ1v) is 8.16. The van der Waals surface area contributed by atoms with Crippen molar-refractivity contribution in [1.29, 1.82) is 0 Å². The molecule has 1 heterocycles. The first-order valence-electron chi connectivity index (χ1n) is 8.16. The molecular weight excluding hydrogens is 345 g/mol. The molecule has 1 aromatic rings. The van der Waals surface area contributed by atoms with Crippen LogP contribution in [0.1, 0.15) is 38.8 Å². The van der Waals surface area contributed by atoms with Crippen LogP contribution in [-0.4, -0.2) is 35.5 Å². The van der Waals surface area contributed by atoms with E-state index < -0.39 is 0 Å². The third-order valence-electron chi connectivity index (χ3n) is 4.88. The van der Waals surface area contributed by atoms with Crippen LogP contribution in [0.4, 0.5) is 0 Å². The third-order valence-corrected chi connectivity index (χ3v) is 4.88. The summed E-state index contributed by atoms with van der Waals surface area (Å²) < 4.78 is 0. The summed E-state index contributed by atoms with van der Waals surface area (Å²) in [7, 11) is 0. The number of fused-ring (bicyclic) bond motifs is 1. The van der Waals surface area contributed by atoms with Gasteiger partial charge in [-0.25, -0.2) is 0 Å². The molecule has 1 aromatic carbocycles. The van der Waals surface area contributed by atoms with Gasteiger partial charge < -0.3 is 11.1 Å². The van der Waals surface area contributed by atoms with E-state index in [-0.39, 0.29) is 48.2 Å². The highest BCUT2D eigenvalue weighted by molar-refractivity contribution is 5.85. The fraction of sp³-hybridized carbons (Fsp3) is 0.611. The number of rotatable bonds is 5. The van der Waals surface area contributed by atoms with E-state index in [9.17, 15) is 4.79 Å². The number of hydrogen-bond donors (Lipinski definition) is 2. The molecule has 1 amide bonds. The van der Waals surface area contributed by atoms with Gasteiger partial charge in [-0.3, -0.25) is 9.69 Å². The van der Waals surface area contributed by atoms with Crippen molar-refractivity contribution >= 4 is 30.7 Å². The predicted octanol–water partition coefficient (Wildman–Crippen LogP) is 2.77. The molecule has 24 heavy (non-hydrogen) atoms. The molecule has 0 radical (unpaired) electrons. The predicted molar refractivity (Wildman–Crippen MR) is 105 cm³/mol. The van der Waals surface area contributed by atoms with Gasteiger partial charge in [0.15, 0.2) is 0 Å². The zero-order valence-electron chi connectivity index (χ0n) is 15.0. The molecule has 6 heteroatoms. The van der Waals surface area contributed by atoms with Gasteiger partial charge >= 0.3 is 0 Å². The van der Waals surface area contributed by atoms with Gasteiger partial charge in [0, 0.05) is 37.1 Å². The van der Waals surface area contributed by atoms with Gasteiger partial charge in [-0.05, 0) is 38.3 Å². The second-order valence-electron chi connectivity index (χ2n) is 7.12. The van der Waals surface area contributed by atoms with E-state index in [4.69, 9.17) is 5.73 Å². The van der Waals surface area contributed by atoms with Gasteiger partial charge in [-0.1, -0.05) is 31.2 Å². The Balaban J connectivity index is 0.00000264. The molecule has 0 bridgehead atoms. The average molecular weight is 376 g/mol. The molecule has 0 spiro atoms. The van der Waals surface area contributed by atoms with E-state index in [1.165, 1.54) is 11.1 Å². The van der Waals surface area contributed by atoms with Gasteiger partial charge in [0.2, 0.25) is 5.91 Å². The van der Waals surface area contributed by atoms with Crippen LogP contribution in [0.25, 0.3) is 0 Å². The highest BCUT2D eigenvalue weighted by atomic mass is 35.5. The number of carbonyl (C=O) groups excluding carboxylic acids is 1. The SMILES string of the molecule is CC(N)C(C)C(=O)NCC(C)(C)N1CCc2ccccc2C1.Cl.Cl. The molecular formula is C18H31Cl2N3O. The largest absolute Gasteiger partial charge is 0.354 e. The third kappa shape index (κ3) is 5.62. The lowest BCUT2D eigenvalue weighted by Crippen LogP contribution is -2.54. The molecule has 0 aromatic heterocycles. The van der Waals surface area contributed by atoms with E-state index >= 15 is 0 Å². The number of nitrogens with one attached hydrogen (secondary N) is 1. The van der Waals surface area contributed by atoms with Gasteiger partial charge in [0.1, 0.15) is 0 Å². The molecule has 0 aliphatic carbocycles. The normalized spacial score (nSPS) is 16.9. The number of nitrogens with two attached hydrogens (primary N) is 1. The van der Waals surface area contributed by atoms with Crippen molar-refractivity contribution in [3.8, 4) is 0 Å². The highest BCUT2D eigenvalue weighted by Crippen LogP contribution is 2.25. The highest BCUT2D eigenvalue weighted by Gasteiger charge is 2.30. The summed E-state index contributed by atoms with van der Waals surface area (Å²) in [5.41, 5.74) is 8.58. The molecule has 138 valence electrons. The maximum absolute atomic E-state index is 12.1. The minimum Gasteiger partial charge on any atom is -0.354 e. The summed E-state index contributed by atoms with van der Waals surface area (Å²) in [6.45, 7) is 10.8. The summed E-state index contributed by atoms with van der Waals surface area (Å²) in [4.78, 5) is 14.6. The van der Waals surface area contributed by atoms with Crippen LogP contribution in [0.2, 0.25) is 0 Å². The minimum absolute atomic E-state index is 0. The van der Waals surface area contributed by atoms with Crippen molar-refractivity contribution in [2.45, 2.75) is 52.2 Å². The van der Waals surface area contributed by atoms with Gasteiger partial charge in [-0.15, -0.1) is 24.8 Å². The number of amides is 1. The van der Waals surface area contributed by atoms with Crippen molar-refractivity contribution in [1.82, 2.24) is 10.2 Å². The first-order chi connectivity index (χ1) is 10.3. The lowest BCUT2D eigenvalue weighted by atomic mass is 9.93. The fourth-order valence-corrected chi connectivity index (χ4v) is 2.83. The lowest BCUT2D eigenvalue weighted by molar-refractivity contribution is -0.125. The summed E-state index contributed by atoms with van der Waals surface area (Å²) in [6.07, 6.45) is 1.07. The van der Waals surface area contributed by atoms with Crippen molar-refractivity contribution in [3.05, 3.63) is 35.4 Å². The summed E-state index contributed by atoms with van der Waals surface area (Å²) in [6, 6.07) is 8.50. The van der Waals surface area contributed by atoms with Gasteiger partial charge in [-0.2, -0.15) is 0 Å². The maximum atomic E-state index is 12.1. The standard InChI is InChI=1S/C18H29N3O.2ClH/c1-13(14(2)19)17(22)20-12-18(3,4)21-10-9-15-7-5-6-8-16(15)11-21;;/h5-8,13-14H,9-12,19H2,1-4H3,(H,20,22);2*1H. The smallest absolute Gasteiger partial charge is 0.224 e. The number of nitrogens with zero attached hydrogens (tertiary/aromatic N) is 1. The molecule has 1 aliphatic rings. The molecule has 2 unspecified atom stereocenters. The number of hydrogen-bond acceptors (Lipinski definition) is 3. The van der Waals surface area contributed by atoms with Gasteiger partial charge in [0.05, 0.1) is 0 Å². The fourth-order valence-electron chi connectivity index (χ4n) is 2.83. The van der Waals surface area contributed by atoms with E-state index in [0.29, 0.717) is 6.54 Å². The zero-order chi connectivity index (χ0) is 16.3. The number of halogens is 2. The Morgan fingerprint density at radius 2 is 1.83 bits per heavy atom. The Morgan fingerprint density at radius 1 is 1.25 bits per heavy atom. The van der Waals surface area contributed by atoms with E-state index in [0.717, 1.165) is 19.5 Å². The van der Waals surface area contributed by atoms with Crippen LogP contribution in [-0.2, 0) is 17.8 Å². The maximum Gasteiger partial charge on any atom is 0.224 e. The van der Waals surface area contributed by atoms with Crippen LogP contribution in [0.15, 0.2) is 24.3 Å². The Bertz CT molecular complexity index is 535. The summed E-state index contributed by atoms with van der Waals surface area (Å²) >= 11 is 0. The topological polar surface area (TPSA) is 58.4 Å². The first kappa shape index (κ1) is 23.2. The molecule has 2 atom stereocenters. The Morgan fingerprint density at radius 3 is 2.42 bits per heavy atom. The number of carbonyl (C=O) groups is 1. The molecule has 0 saturated carbocycles. The van der Waals surface area contributed by atoms with Crippen molar-refractivity contribution in [2.24, 2.45) is 11.7 Å². The monoisotopic (exact) mass is 375 g/mol. The second kappa shape index (κ2) is 9.62. The summed E-state index contributed by atoms with van der Waals surface area (Å²) in [5, 5.41) is 3.06. The Labute approximate surface area is 158 Å². The molecule has 0 saturated heterocycles. The van der Waals surface area contributed by atoms with Crippen LogP contribution in [0.3, 0.4) is 0 Å². The molecule has 3 N–H and O–H groups in total. The quantitative estimate of drug-likeness (QED) is 0.831. The van der Waals surface area contributed by atoms with Crippen LogP contribution in [0, 0.1) is 5.92 Å². The van der Waals surface area contributed by atoms with Crippen LogP contribution in [0.5, 0.6) is 0 Å². The van der Waals surface area contributed by atoms with Crippen LogP contribution < -0.4 is 11.1 Å². The van der Waals surface area contributed by atoms with Gasteiger partial charge in [0.25, 0.3) is 0 Å². The van der Waals surface area contributed by atoms with Crippen molar-refractivity contribution in [3.63, 3.8) is 0 Å². The zero-order valence-corrected chi connectivity index (χ0v) is 16.7. The molecule has 4 nitrogen and oxygen atoms in total. The average Bonchev–Trinajstić information content (AvgIpc) is 2.51. The Hall–Kier alpha value is -0.810.